The number of hydrazine groups is 1. The Balaban J connectivity index is 0.000000417. The van der Waals surface area contributed by atoms with Crippen molar-refractivity contribution in [2.75, 3.05) is 39.3 Å². The van der Waals surface area contributed by atoms with E-state index in [9.17, 15) is 4.39 Å². The molecule has 0 spiro atoms. The molecule has 1 aromatic heterocycles. The maximum atomic E-state index is 12.4. The van der Waals surface area contributed by atoms with Crippen LogP contribution in [0.25, 0.3) is 11.3 Å². The summed E-state index contributed by atoms with van der Waals surface area (Å²) in [5.41, 5.74) is 9.06. The fourth-order valence-corrected chi connectivity index (χ4v) is 4.58. The van der Waals surface area contributed by atoms with Crippen LogP contribution in [0.3, 0.4) is 0 Å². The molecule has 9 heteroatoms. The molecule has 4 rings (SSSR count). The van der Waals surface area contributed by atoms with Crippen LogP contribution >= 0.6 is 33.2 Å². The maximum absolute atomic E-state index is 12.4. The topological polar surface area (TPSA) is 67.8 Å². The molecular weight excluding hydrogens is 510 g/mol. The summed E-state index contributed by atoms with van der Waals surface area (Å²) in [5, 5.41) is 2.42. The van der Waals surface area contributed by atoms with Crippen LogP contribution in [0.4, 0.5) is 10.1 Å². The summed E-state index contributed by atoms with van der Waals surface area (Å²) >= 11 is 5.35. The molecule has 36 heavy (non-hydrogen) atoms. The van der Waals surface area contributed by atoms with E-state index < -0.39 is 0 Å². The number of allylic oxidation sites excluding steroid dienone is 2. The number of benzene rings is 1. The number of anilines is 1. The highest BCUT2D eigenvalue weighted by molar-refractivity contribution is 7.79. The SMILES string of the molecule is CC.CS.Cc1sc(C2=CN(C)C(C)C=C2)cc1/C(=C/C1COC1)N(C)N.Nc1c(F)cccc1P. The normalized spacial score (nSPS) is 16.9. The predicted molar refractivity (Wildman–Crippen MR) is 164 cm³/mol. The molecule has 1 fully saturated rings. The molecule has 4 N–H and O–H groups in total. The quantitative estimate of drug-likeness (QED) is 0.152. The van der Waals surface area contributed by atoms with E-state index in [4.69, 9.17) is 16.3 Å². The number of para-hydroxylation sites is 1. The van der Waals surface area contributed by atoms with Crippen LogP contribution in [0.2, 0.25) is 0 Å². The van der Waals surface area contributed by atoms with Crippen molar-refractivity contribution < 1.29 is 9.13 Å². The molecule has 200 valence electrons. The molecule has 2 aliphatic rings. The van der Waals surface area contributed by atoms with Crippen molar-refractivity contribution in [1.29, 1.82) is 0 Å². The highest BCUT2D eigenvalue weighted by Crippen LogP contribution is 2.35. The smallest absolute Gasteiger partial charge is 0.146 e. The van der Waals surface area contributed by atoms with Crippen LogP contribution in [-0.4, -0.2) is 49.5 Å². The summed E-state index contributed by atoms with van der Waals surface area (Å²) in [6.07, 6.45) is 10.6. The van der Waals surface area contributed by atoms with Gasteiger partial charge in [0.15, 0.2) is 0 Å². The van der Waals surface area contributed by atoms with E-state index in [1.165, 1.54) is 27.0 Å². The first kappa shape index (κ1) is 32.2. The predicted octanol–water partition coefficient (Wildman–Crippen LogP) is 5.56. The van der Waals surface area contributed by atoms with Gasteiger partial charge in [0.05, 0.1) is 24.6 Å². The number of nitrogen functional groups attached to an aromatic ring is 1. The minimum atomic E-state index is -0.359. The number of halogens is 1. The van der Waals surface area contributed by atoms with Gasteiger partial charge in [-0.25, -0.2) is 10.2 Å². The van der Waals surface area contributed by atoms with Gasteiger partial charge in [0.1, 0.15) is 5.82 Å². The second-order valence-electron chi connectivity index (χ2n) is 8.13. The van der Waals surface area contributed by atoms with Crippen LogP contribution in [0.5, 0.6) is 0 Å². The molecule has 1 aromatic carbocycles. The van der Waals surface area contributed by atoms with Gasteiger partial charge < -0.3 is 20.4 Å². The third-order valence-electron chi connectivity index (χ3n) is 5.54. The van der Waals surface area contributed by atoms with Crippen molar-refractivity contribution in [3.63, 3.8) is 0 Å². The summed E-state index contributed by atoms with van der Waals surface area (Å²) in [6.45, 7) is 9.95. The zero-order valence-corrected chi connectivity index (χ0v) is 25.3. The van der Waals surface area contributed by atoms with Gasteiger partial charge in [-0.05, 0) is 37.5 Å². The molecule has 0 radical (unpaired) electrons. The van der Waals surface area contributed by atoms with E-state index in [0.29, 0.717) is 17.3 Å². The van der Waals surface area contributed by atoms with Crippen molar-refractivity contribution in [1.82, 2.24) is 9.91 Å². The zero-order valence-electron chi connectivity index (χ0n) is 22.5. The van der Waals surface area contributed by atoms with E-state index in [2.05, 4.69) is 78.2 Å². The van der Waals surface area contributed by atoms with Crippen molar-refractivity contribution in [2.24, 2.45) is 11.8 Å². The lowest BCUT2D eigenvalue weighted by Crippen LogP contribution is -2.29. The van der Waals surface area contributed by atoms with Crippen LogP contribution in [0, 0.1) is 18.7 Å². The van der Waals surface area contributed by atoms with Crippen molar-refractivity contribution in [3.05, 3.63) is 69.8 Å². The molecular formula is C27H42FN4OPS2. The van der Waals surface area contributed by atoms with E-state index in [0.717, 1.165) is 18.9 Å². The second-order valence-corrected chi connectivity index (χ2v) is 10.0. The van der Waals surface area contributed by atoms with E-state index in [-0.39, 0.29) is 11.5 Å². The average Bonchev–Trinajstić information content (AvgIpc) is 3.22. The molecule has 0 saturated carbocycles. The summed E-state index contributed by atoms with van der Waals surface area (Å²) in [5.74, 6) is 6.20. The number of ether oxygens (including phenoxy) is 1. The van der Waals surface area contributed by atoms with E-state index >= 15 is 0 Å². The highest BCUT2D eigenvalue weighted by atomic mass is 32.1. The van der Waals surface area contributed by atoms with E-state index in [1.54, 1.807) is 23.4 Å². The summed E-state index contributed by atoms with van der Waals surface area (Å²) in [4.78, 5) is 4.81. The van der Waals surface area contributed by atoms with Crippen molar-refractivity contribution in [3.8, 4) is 0 Å². The monoisotopic (exact) mass is 552 g/mol. The number of hydrogen-bond donors (Lipinski definition) is 3. The number of thiophene rings is 1. The lowest BCUT2D eigenvalue weighted by molar-refractivity contribution is -0.00777. The molecule has 0 amide bonds. The highest BCUT2D eigenvalue weighted by Gasteiger charge is 2.21. The van der Waals surface area contributed by atoms with Gasteiger partial charge in [0.2, 0.25) is 0 Å². The average molecular weight is 553 g/mol. The number of aryl methyl sites for hydroxylation is 1. The van der Waals surface area contributed by atoms with Crippen LogP contribution in [0.1, 0.15) is 36.1 Å². The number of nitrogens with zero attached hydrogens (tertiary/aromatic N) is 2. The first-order chi connectivity index (χ1) is 17.2. The first-order valence-corrected chi connectivity index (χ1v) is 14.2. The van der Waals surface area contributed by atoms with Crippen LogP contribution < -0.4 is 16.9 Å². The summed E-state index contributed by atoms with van der Waals surface area (Å²) in [7, 11) is 6.37. The fourth-order valence-electron chi connectivity index (χ4n) is 3.31. The third-order valence-corrected chi connectivity index (χ3v) is 7.14. The van der Waals surface area contributed by atoms with Crippen molar-refractivity contribution in [2.45, 2.75) is 33.7 Å². The maximum Gasteiger partial charge on any atom is 0.146 e. The molecule has 0 bridgehead atoms. The Morgan fingerprint density at radius 2 is 1.94 bits per heavy atom. The Bertz CT molecular complexity index is 1030. The zero-order chi connectivity index (χ0) is 27.4. The first-order valence-electron chi connectivity index (χ1n) is 11.9. The summed E-state index contributed by atoms with van der Waals surface area (Å²) in [6, 6.07) is 7.40. The molecule has 2 aromatic rings. The summed E-state index contributed by atoms with van der Waals surface area (Å²) < 4.78 is 17.7. The lowest BCUT2D eigenvalue weighted by atomic mass is 10.0. The molecule has 5 nitrogen and oxygen atoms in total. The van der Waals surface area contributed by atoms with Gasteiger partial charge in [-0.1, -0.05) is 44.2 Å². The van der Waals surface area contributed by atoms with Crippen LogP contribution in [-0.2, 0) is 4.74 Å². The molecule has 1 saturated heterocycles. The van der Waals surface area contributed by atoms with E-state index in [1.807, 2.05) is 32.2 Å². The second kappa shape index (κ2) is 16.1. The lowest BCUT2D eigenvalue weighted by Gasteiger charge is -2.26. The number of nitrogens with two attached hydrogens (primary N) is 2. The van der Waals surface area contributed by atoms with Crippen LogP contribution in [0.15, 0.2) is 48.7 Å². The van der Waals surface area contributed by atoms with Gasteiger partial charge in [-0.15, -0.1) is 20.6 Å². The van der Waals surface area contributed by atoms with Gasteiger partial charge in [-0.2, -0.15) is 12.6 Å². The minimum Gasteiger partial charge on any atom is -0.396 e. The number of likely N-dealkylation sites (N-methyl/N-ethyl adjacent to an activating group) is 1. The minimum absolute atomic E-state index is 0.211. The van der Waals surface area contributed by atoms with Gasteiger partial charge in [0, 0.05) is 53.1 Å². The van der Waals surface area contributed by atoms with Gasteiger partial charge >= 0.3 is 0 Å². The van der Waals surface area contributed by atoms with Crippen molar-refractivity contribution >= 4 is 55.5 Å². The molecule has 2 atom stereocenters. The van der Waals surface area contributed by atoms with Gasteiger partial charge in [0.25, 0.3) is 0 Å². The molecule has 0 aliphatic carbocycles. The molecule has 3 heterocycles. The van der Waals surface area contributed by atoms with Gasteiger partial charge in [-0.3, -0.25) is 0 Å². The molecule has 2 aliphatic heterocycles. The Kier molecular flexibility index (Phi) is 14.4. The molecule has 2 unspecified atom stereocenters. The Morgan fingerprint density at radius 1 is 1.31 bits per heavy atom. The Labute approximate surface area is 228 Å². The standard InChI is InChI=1S/C18H25N3OS.C6H7FNP.C2H6.CH4S/c1-12-5-6-15(9-20(12)3)18-8-16(13(2)23-18)17(21(4)19)7-14-10-22-11-14;7-4-2-1-3-5(9)6(4)8;2*1-2/h5-9,12,14H,10-11,19H2,1-4H3;1-3H,8-9H2;1-2H3;2H,1H3/b17-7-;;;. The number of hydrogen-bond acceptors (Lipinski definition) is 7. The number of thiol groups is 1. The largest absolute Gasteiger partial charge is 0.396 e. The Morgan fingerprint density at radius 3 is 2.42 bits per heavy atom. The third kappa shape index (κ3) is 8.93. The number of rotatable bonds is 4. The fraction of sp³-hybridized carbons (Fsp3) is 0.407. The Hall–Kier alpha value is -1.83.